The lowest BCUT2D eigenvalue weighted by molar-refractivity contribution is -0.149. The third-order valence-electron chi connectivity index (χ3n) is 5.09. The maximum Gasteiger partial charge on any atom is 0.306 e. The molecule has 9 heteroatoms. The first-order valence-electron chi connectivity index (χ1n) is 8.87. The number of carboxylic acid groups (broad SMARTS) is 1. The third-order valence-corrected chi connectivity index (χ3v) is 5.09. The lowest BCUT2D eigenvalue weighted by Crippen LogP contribution is -2.48. The van der Waals surface area contributed by atoms with Crippen molar-refractivity contribution in [2.24, 2.45) is 11.8 Å². The van der Waals surface area contributed by atoms with Gasteiger partial charge in [0.15, 0.2) is 0 Å². The number of carbonyl (C=O) groups excluding carboxylic acids is 1. The lowest BCUT2D eigenvalue weighted by atomic mass is 9.86. The van der Waals surface area contributed by atoms with E-state index in [0.717, 1.165) is 0 Å². The molecule has 1 fully saturated rings. The van der Waals surface area contributed by atoms with Crippen molar-refractivity contribution in [1.82, 2.24) is 25.1 Å². The van der Waals surface area contributed by atoms with Crippen LogP contribution in [0.25, 0.3) is 0 Å². The highest BCUT2D eigenvalue weighted by Gasteiger charge is 2.36. The Morgan fingerprint density at radius 1 is 1.41 bits per heavy atom. The molecule has 3 unspecified atom stereocenters. The SMILES string of the molecule is Cc1nnnn1C(Cc1cccc(F)c1)C(=O)N1CCC(C(=O)O)C(C)C1. The van der Waals surface area contributed by atoms with Gasteiger partial charge in [0, 0.05) is 19.5 Å². The number of aliphatic carboxylic acids is 1. The summed E-state index contributed by atoms with van der Waals surface area (Å²) < 4.78 is 15.0. The average molecular weight is 375 g/mol. The van der Waals surface area contributed by atoms with Gasteiger partial charge in [-0.15, -0.1) is 5.10 Å². The number of aryl methyl sites for hydroxylation is 1. The van der Waals surface area contributed by atoms with Gasteiger partial charge in [0.05, 0.1) is 5.92 Å². The lowest BCUT2D eigenvalue weighted by Gasteiger charge is -2.36. The van der Waals surface area contributed by atoms with E-state index in [2.05, 4.69) is 15.5 Å². The van der Waals surface area contributed by atoms with Gasteiger partial charge in [-0.25, -0.2) is 9.07 Å². The van der Waals surface area contributed by atoms with Crippen molar-refractivity contribution >= 4 is 11.9 Å². The van der Waals surface area contributed by atoms with Gasteiger partial charge in [0.25, 0.3) is 0 Å². The van der Waals surface area contributed by atoms with Crippen LogP contribution in [0.2, 0.25) is 0 Å². The number of piperidine rings is 1. The van der Waals surface area contributed by atoms with E-state index >= 15 is 0 Å². The number of likely N-dealkylation sites (tertiary alicyclic amines) is 1. The minimum absolute atomic E-state index is 0.148. The maximum absolute atomic E-state index is 13.6. The molecule has 1 aromatic carbocycles. The quantitative estimate of drug-likeness (QED) is 0.849. The van der Waals surface area contributed by atoms with Crippen molar-refractivity contribution in [2.75, 3.05) is 13.1 Å². The minimum atomic E-state index is -0.831. The van der Waals surface area contributed by atoms with Crippen LogP contribution in [-0.2, 0) is 16.0 Å². The number of nitrogens with zero attached hydrogens (tertiary/aromatic N) is 5. The first-order chi connectivity index (χ1) is 12.9. The molecule has 1 aromatic heterocycles. The Bertz CT molecular complexity index is 840. The van der Waals surface area contributed by atoms with Crippen molar-refractivity contribution in [2.45, 2.75) is 32.7 Å². The van der Waals surface area contributed by atoms with Crippen molar-refractivity contribution in [3.8, 4) is 0 Å². The largest absolute Gasteiger partial charge is 0.481 e. The van der Waals surface area contributed by atoms with Crippen molar-refractivity contribution in [3.05, 3.63) is 41.5 Å². The normalized spacial score (nSPS) is 21.1. The van der Waals surface area contributed by atoms with Gasteiger partial charge in [-0.2, -0.15) is 0 Å². The van der Waals surface area contributed by atoms with E-state index in [4.69, 9.17) is 0 Å². The summed E-state index contributed by atoms with van der Waals surface area (Å²) >= 11 is 0. The summed E-state index contributed by atoms with van der Waals surface area (Å²) in [4.78, 5) is 26.2. The predicted molar refractivity (Wildman–Crippen MR) is 93.2 cm³/mol. The summed E-state index contributed by atoms with van der Waals surface area (Å²) in [6.45, 7) is 4.25. The Kier molecular flexibility index (Phi) is 5.48. The number of aromatic nitrogens is 4. The summed E-state index contributed by atoms with van der Waals surface area (Å²) in [5, 5.41) is 20.7. The summed E-state index contributed by atoms with van der Waals surface area (Å²) in [5.41, 5.74) is 0.664. The fourth-order valence-corrected chi connectivity index (χ4v) is 3.62. The number of amides is 1. The standard InChI is InChI=1S/C18H22FN5O3/c1-11-10-23(7-6-15(11)18(26)27)17(25)16(24-12(2)20-21-22-24)9-13-4-3-5-14(19)8-13/h3-5,8,11,15-16H,6-7,9-10H2,1-2H3,(H,26,27). The second-order valence-electron chi connectivity index (χ2n) is 7.02. The number of tetrazole rings is 1. The fourth-order valence-electron chi connectivity index (χ4n) is 3.62. The van der Waals surface area contributed by atoms with Gasteiger partial charge in [-0.05, 0) is 47.4 Å². The van der Waals surface area contributed by atoms with Gasteiger partial charge in [0.2, 0.25) is 5.91 Å². The number of benzene rings is 1. The first kappa shape index (κ1) is 18.9. The molecule has 2 aromatic rings. The molecular weight excluding hydrogens is 353 g/mol. The molecule has 1 saturated heterocycles. The van der Waals surface area contributed by atoms with Crippen molar-refractivity contribution < 1.29 is 19.1 Å². The Balaban J connectivity index is 1.84. The molecule has 3 rings (SSSR count). The summed E-state index contributed by atoms with van der Waals surface area (Å²) in [7, 11) is 0. The number of hydrogen-bond acceptors (Lipinski definition) is 5. The van der Waals surface area contributed by atoms with E-state index < -0.39 is 17.9 Å². The van der Waals surface area contributed by atoms with E-state index in [1.807, 2.05) is 6.92 Å². The van der Waals surface area contributed by atoms with Crippen molar-refractivity contribution in [3.63, 3.8) is 0 Å². The highest BCUT2D eigenvalue weighted by atomic mass is 19.1. The van der Waals surface area contributed by atoms with E-state index in [-0.39, 0.29) is 24.1 Å². The second-order valence-corrected chi connectivity index (χ2v) is 7.02. The van der Waals surface area contributed by atoms with Crippen LogP contribution in [-0.4, -0.2) is 55.2 Å². The zero-order valence-corrected chi connectivity index (χ0v) is 15.2. The molecule has 1 aliphatic heterocycles. The first-order valence-corrected chi connectivity index (χ1v) is 8.87. The molecule has 1 aliphatic rings. The average Bonchev–Trinajstić information content (AvgIpc) is 3.04. The molecule has 27 heavy (non-hydrogen) atoms. The number of carbonyl (C=O) groups is 2. The van der Waals surface area contributed by atoms with E-state index in [1.165, 1.54) is 16.8 Å². The Hall–Kier alpha value is -2.84. The molecule has 8 nitrogen and oxygen atoms in total. The van der Waals surface area contributed by atoms with Gasteiger partial charge in [-0.1, -0.05) is 19.1 Å². The van der Waals surface area contributed by atoms with Crippen LogP contribution in [0.4, 0.5) is 4.39 Å². The minimum Gasteiger partial charge on any atom is -0.481 e. The zero-order chi connectivity index (χ0) is 19.6. The second kappa shape index (κ2) is 7.81. The summed E-state index contributed by atoms with van der Waals surface area (Å²) in [6, 6.07) is 5.37. The van der Waals surface area contributed by atoms with E-state index in [1.54, 1.807) is 24.0 Å². The summed E-state index contributed by atoms with van der Waals surface area (Å²) in [5.74, 6) is -1.51. The molecule has 0 saturated carbocycles. The molecule has 0 bridgehead atoms. The number of rotatable bonds is 5. The monoisotopic (exact) mass is 375 g/mol. The number of hydrogen-bond donors (Lipinski definition) is 1. The van der Waals surface area contributed by atoms with Crippen LogP contribution >= 0.6 is 0 Å². The van der Waals surface area contributed by atoms with E-state index in [9.17, 15) is 19.1 Å². The molecule has 0 aliphatic carbocycles. The summed E-state index contributed by atoms with van der Waals surface area (Å²) in [6.07, 6.45) is 0.652. The maximum atomic E-state index is 13.6. The van der Waals surface area contributed by atoms with Crippen LogP contribution in [0.15, 0.2) is 24.3 Å². The molecular formula is C18H22FN5O3. The Labute approximate surface area is 156 Å². The van der Waals surface area contributed by atoms with Gasteiger partial charge >= 0.3 is 5.97 Å². The number of carboxylic acids is 1. The highest BCUT2D eigenvalue weighted by Crippen LogP contribution is 2.26. The fraction of sp³-hybridized carbons (Fsp3) is 0.500. The molecule has 1 N–H and O–H groups in total. The highest BCUT2D eigenvalue weighted by molar-refractivity contribution is 5.81. The molecule has 1 amide bonds. The van der Waals surface area contributed by atoms with Crippen molar-refractivity contribution in [1.29, 1.82) is 0 Å². The smallest absolute Gasteiger partial charge is 0.306 e. The zero-order valence-electron chi connectivity index (χ0n) is 15.2. The van der Waals surface area contributed by atoms with Gasteiger partial charge < -0.3 is 10.0 Å². The van der Waals surface area contributed by atoms with Gasteiger partial charge in [-0.3, -0.25) is 9.59 Å². The predicted octanol–water partition coefficient (Wildman–Crippen LogP) is 1.47. The van der Waals surface area contributed by atoms with Gasteiger partial charge in [0.1, 0.15) is 17.7 Å². The van der Waals surface area contributed by atoms with Crippen LogP contribution in [0, 0.1) is 24.6 Å². The topological polar surface area (TPSA) is 101 Å². The molecule has 2 heterocycles. The molecule has 3 atom stereocenters. The van der Waals surface area contributed by atoms with Crippen LogP contribution in [0.3, 0.4) is 0 Å². The Morgan fingerprint density at radius 3 is 2.78 bits per heavy atom. The van der Waals surface area contributed by atoms with E-state index in [0.29, 0.717) is 30.9 Å². The van der Waals surface area contributed by atoms with Crippen LogP contribution in [0.5, 0.6) is 0 Å². The van der Waals surface area contributed by atoms with Crippen LogP contribution < -0.4 is 0 Å². The molecule has 144 valence electrons. The third kappa shape index (κ3) is 4.12. The molecule has 0 radical (unpaired) electrons. The Morgan fingerprint density at radius 2 is 2.19 bits per heavy atom. The van der Waals surface area contributed by atoms with Crippen LogP contribution in [0.1, 0.15) is 30.8 Å². The molecule has 0 spiro atoms. The number of halogens is 1.